The molecule has 2 aromatic carbocycles. The molecule has 1 aliphatic rings. The number of rotatable bonds is 8. The minimum atomic E-state index is 0.165. The summed E-state index contributed by atoms with van der Waals surface area (Å²) in [5, 5.41) is 3.55. The largest absolute Gasteiger partial charge is 0.486 e. The predicted molar refractivity (Wildman–Crippen MR) is 112 cm³/mol. The number of aromatic nitrogens is 1. The fourth-order valence-electron chi connectivity index (χ4n) is 3.04. The maximum absolute atomic E-state index is 12.8. The minimum absolute atomic E-state index is 0.165. The molecule has 0 N–H and O–H groups in total. The molecule has 1 amide bonds. The number of halogens is 1. The quantitative estimate of drug-likeness (QED) is 0.516. The molecule has 0 atom stereocenters. The number of carbonyl (C=O) groups excluding carboxylic acids is 1. The normalized spacial score (nSPS) is 13.3. The lowest BCUT2D eigenvalue weighted by Gasteiger charge is -2.21. The molecule has 1 aromatic heterocycles. The number of nitrogens with zero attached hydrogens (tertiary/aromatic N) is 2. The Labute approximate surface area is 173 Å². The lowest BCUT2D eigenvalue weighted by Crippen LogP contribution is -2.33. The summed E-state index contributed by atoms with van der Waals surface area (Å²) in [6, 6.07) is 17.6. The van der Waals surface area contributed by atoms with Gasteiger partial charge in [0.05, 0.1) is 18.7 Å². The van der Waals surface area contributed by atoms with Crippen molar-refractivity contribution in [2.24, 2.45) is 0 Å². The molecule has 0 saturated heterocycles. The first kappa shape index (κ1) is 19.0. The lowest BCUT2D eigenvalue weighted by atomic mass is 10.1. The number of ether oxygens (including phenoxy) is 1. The Morgan fingerprint density at radius 1 is 1.18 bits per heavy atom. The summed E-state index contributed by atoms with van der Waals surface area (Å²) in [5.41, 5.74) is 1.97. The van der Waals surface area contributed by atoms with Gasteiger partial charge in [0, 0.05) is 16.4 Å². The topological polar surface area (TPSA) is 42.4 Å². The van der Waals surface area contributed by atoms with Crippen molar-refractivity contribution in [3.8, 4) is 5.75 Å². The van der Waals surface area contributed by atoms with E-state index in [4.69, 9.17) is 16.3 Å². The van der Waals surface area contributed by atoms with Crippen LogP contribution in [-0.2, 0) is 24.4 Å². The highest BCUT2D eigenvalue weighted by Gasteiger charge is 2.32. The van der Waals surface area contributed by atoms with Crippen molar-refractivity contribution in [2.75, 3.05) is 0 Å². The van der Waals surface area contributed by atoms with Gasteiger partial charge >= 0.3 is 0 Å². The molecule has 3 aromatic rings. The minimum Gasteiger partial charge on any atom is -0.486 e. The van der Waals surface area contributed by atoms with E-state index >= 15 is 0 Å². The van der Waals surface area contributed by atoms with Crippen molar-refractivity contribution < 1.29 is 9.53 Å². The van der Waals surface area contributed by atoms with Crippen molar-refractivity contribution in [1.29, 1.82) is 0 Å². The molecule has 6 heteroatoms. The molecule has 0 spiro atoms. The van der Waals surface area contributed by atoms with Crippen LogP contribution in [0.15, 0.2) is 60.0 Å². The molecule has 0 bridgehead atoms. The van der Waals surface area contributed by atoms with Gasteiger partial charge in [-0.05, 0) is 36.6 Å². The van der Waals surface area contributed by atoms with Crippen LogP contribution in [0, 0.1) is 0 Å². The van der Waals surface area contributed by atoms with E-state index in [2.05, 4.69) is 4.98 Å². The second-order valence-corrected chi connectivity index (χ2v) is 8.27. The summed E-state index contributed by atoms with van der Waals surface area (Å²) >= 11 is 7.54. The summed E-state index contributed by atoms with van der Waals surface area (Å²) in [7, 11) is 0. The summed E-state index contributed by atoms with van der Waals surface area (Å²) in [5.74, 6) is 0.889. The number of carbonyl (C=O) groups is 1. The van der Waals surface area contributed by atoms with E-state index < -0.39 is 0 Å². The van der Waals surface area contributed by atoms with Gasteiger partial charge < -0.3 is 9.64 Å². The Bertz CT molecular complexity index is 940. The monoisotopic (exact) mass is 412 g/mol. The zero-order valence-corrected chi connectivity index (χ0v) is 17.0. The van der Waals surface area contributed by atoms with Gasteiger partial charge in [-0.15, -0.1) is 11.3 Å². The van der Waals surface area contributed by atoms with Crippen LogP contribution in [0.3, 0.4) is 0 Å². The summed E-state index contributed by atoms with van der Waals surface area (Å²) in [6.45, 7) is 0.955. The van der Waals surface area contributed by atoms with Crippen LogP contribution >= 0.6 is 22.9 Å². The van der Waals surface area contributed by atoms with Crippen LogP contribution in [0.25, 0.3) is 0 Å². The van der Waals surface area contributed by atoms with Gasteiger partial charge in [-0.25, -0.2) is 4.98 Å². The molecular weight excluding hydrogens is 392 g/mol. The third kappa shape index (κ3) is 5.12. The first-order valence-electron chi connectivity index (χ1n) is 9.32. The Morgan fingerprint density at radius 3 is 2.75 bits per heavy atom. The average molecular weight is 413 g/mol. The number of hydrogen-bond acceptors (Lipinski definition) is 4. The summed E-state index contributed by atoms with van der Waals surface area (Å²) in [4.78, 5) is 19.4. The molecule has 1 fully saturated rings. The van der Waals surface area contributed by atoms with Crippen LogP contribution in [0.2, 0.25) is 5.02 Å². The fourth-order valence-corrected chi connectivity index (χ4v) is 3.92. The second kappa shape index (κ2) is 8.76. The van der Waals surface area contributed by atoms with Crippen molar-refractivity contribution in [2.45, 2.75) is 38.5 Å². The smallest absolute Gasteiger partial charge is 0.227 e. The van der Waals surface area contributed by atoms with Gasteiger partial charge in [0.1, 0.15) is 17.4 Å². The van der Waals surface area contributed by atoms with Crippen LogP contribution in [0.5, 0.6) is 5.75 Å². The number of thiazole rings is 1. The molecule has 1 saturated carbocycles. The predicted octanol–water partition coefficient (Wildman–Crippen LogP) is 5.11. The van der Waals surface area contributed by atoms with E-state index in [9.17, 15) is 4.79 Å². The van der Waals surface area contributed by atoms with Crippen molar-refractivity contribution in [3.05, 3.63) is 81.3 Å². The maximum atomic E-state index is 12.8. The molecule has 0 unspecified atom stereocenters. The zero-order valence-electron chi connectivity index (χ0n) is 15.4. The van der Waals surface area contributed by atoms with E-state index in [0.29, 0.717) is 30.6 Å². The SMILES string of the molecule is O=C(Cc1ccccc1)N(Cc1csc(COc2cccc(Cl)c2)n1)C1CC1. The maximum Gasteiger partial charge on any atom is 0.227 e. The van der Waals surface area contributed by atoms with Gasteiger partial charge in [-0.3, -0.25) is 4.79 Å². The first-order valence-corrected chi connectivity index (χ1v) is 10.6. The van der Waals surface area contributed by atoms with Crippen molar-refractivity contribution >= 4 is 28.8 Å². The molecule has 28 heavy (non-hydrogen) atoms. The Kier molecular flexibility index (Phi) is 5.93. The standard InChI is InChI=1S/C22H21ClN2O2S/c23-17-7-4-8-20(12-17)27-14-21-24-18(15-28-21)13-25(19-9-10-19)22(26)11-16-5-2-1-3-6-16/h1-8,12,15,19H,9-11,13-14H2. The Balaban J connectivity index is 1.36. The van der Waals surface area contributed by atoms with Crippen molar-refractivity contribution in [1.82, 2.24) is 9.88 Å². The van der Waals surface area contributed by atoms with E-state index in [1.165, 1.54) is 0 Å². The van der Waals surface area contributed by atoms with Crippen LogP contribution in [0.4, 0.5) is 0 Å². The molecule has 0 aliphatic heterocycles. The van der Waals surface area contributed by atoms with Gasteiger partial charge in [0.25, 0.3) is 0 Å². The van der Waals surface area contributed by atoms with Crippen molar-refractivity contribution in [3.63, 3.8) is 0 Å². The third-order valence-electron chi connectivity index (χ3n) is 4.60. The van der Waals surface area contributed by atoms with Gasteiger partial charge in [-0.2, -0.15) is 0 Å². The number of hydrogen-bond donors (Lipinski definition) is 0. The highest BCUT2D eigenvalue weighted by atomic mass is 35.5. The van der Waals surface area contributed by atoms with E-state index in [0.717, 1.165) is 34.9 Å². The molecule has 1 heterocycles. The average Bonchev–Trinajstić information content (AvgIpc) is 3.44. The lowest BCUT2D eigenvalue weighted by molar-refractivity contribution is -0.131. The summed E-state index contributed by atoms with van der Waals surface area (Å²) < 4.78 is 5.76. The molecule has 4 rings (SSSR count). The molecule has 144 valence electrons. The first-order chi connectivity index (χ1) is 13.7. The Hall–Kier alpha value is -2.37. The second-order valence-electron chi connectivity index (χ2n) is 6.89. The van der Waals surface area contributed by atoms with Crippen LogP contribution < -0.4 is 4.74 Å². The van der Waals surface area contributed by atoms with Crippen LogP contribution in [0.1, 0.15) is 29.1 Å². The molecule has 4 nitrogen and oxygen atoms in total. The molecular formula is C22H21ClN2O2S. The highest BCUT2D eigenvalue weighted by Crippen LogP contribution is 2.29. The molecule has 1 aliphatic carbocycles. The van der Waals surface area contributed by atoms with Gasteiger partial charge in [-0.1, -0.05) is 48.0 Å². The fraction of sp³-hybridized carbons (Fsp3) is 0.273. The van der Waals surface area contributed by atoms with E-state index in [-0.39, 0.29) is 5.91 Å². The van der Waals surface area contributed by atoms with Gasteiger partial charge in [0.15, 0.2) is 0 Å². The Morgan fingerprint density at radius 2 is 2.00 bits per heavy atom. The zero-order chi connectivity index (χ0) is 19.3. The third-order valence-corrected chi connectivity index (χ3v) is 5.70. The van der Waals surface area contributed by atoms with E-state index in [1.54, 1.807) is 17.4 Å². The highest BCUT2D eigenvalue weighted by molar-refractivity contribution is 7.09. The number of amides is 1. The van der Waals surface area contributed by atoms with Gasteiger partial charge in [0.2, 0.25) is 5.91 Å². The summed E-state index contributed by atoms with van der Waals surface area (Å²) in [6.07, 6.45) is 2.59. The number of benzene rings is 2. The molecule has 0 radical (unpaired) electrons. The van der Waals surface area contributed by atoms with Crippen LogP contribution in [-0.4, -0.2) is 21.8 Å². The van der Waals surface area contributed by atoms with E-state index in [1.807, 2.05) is 58.8 Å².